The van der Waals surface area contributed by atoms with Crippen LogP contribution in [0.1, 0.15) is 21.9 Å². The molecule has 0 aliphatic rings. The van der Waals surface area contributed by atoms with Crippen molar-refractivity contribution in [1.82, 2.24) is 5.43 Å². The molecule has 2 heterocycles. The van der Waals surface area contributed by atoms with Gasteiger partial charge < -0.3 is 13.4 Å². The van der Waals surface area contributed by atoms with Gasteiger partial charge >= 0.3 is 0 Å². The first kappa shape index (κ1) is 14.0. The SMILES string of the molecule is Cc1occc1C(=O)N/N=C\c1ccc(S(=O)(=O)[O-])o1. The summed E-state index contributed by atoms with van der Waals surface area (Å²) in [5, 5.41) is 2.87. The minimum Gasteiger partial charge on any atom is -0.742 e. The molecule has 9 heteroatoms. The molecule has 1 N–H and O–H groups in total. The van der Waals surface area contributed by atoms with Gasteiger partial charge in [0.15, 0.2) is 10.1 Å². The summed E-state index contributed by atoms with van der Waals surface area (Å²) >= 11 is 0. The lowest BCUT2D eigenvalue weighted by atomic mass is 10.2. The van der Waals surface area contributed by atoms with E-state index in [9.17, 15) is 17.8 Å². The fraction of sp³-hybridized carbons (Fsp3) is 0.0909. The Balaban J connectivity index is 2.02. The van der Waals surface area contributed by atoms with Gasteiger partial charge in [-0.05, 0) is 25.1 Å². The number of carbonyl (C=O) groups is 1. The van der Waals surface area contributed by atoms with E-state index in [4.69, 9.17) is 8.83 Å². The predicted octanol–water partition coefficient (Wildman–Crippen LogP) is 0.849. The molecule has 0 bridgehead atoms. The van der Waals surface area contributed by atoms with E-state index < -0.39 is 21.1 Å². The van der Waals surface area contributed by atoms with Crippen LogP contribution in [0.5, 0.6) is 0 Å². The van der Waals surface area contributed by atoms with E-state index >= 15 is 0 Å². The third-order valence-electron chi connectivity index (χ3n) is 2.31. The first-order chi connectivity index (χ1) is 9.38. The molecule has 2 rings (SSSR count). The lowest BCUT2D eigenvalue weighted by molar-refractivity contribution is 0.0953. The molecular weight excluding hydrogens is 288 g/mol. The Labute approximate surface area is 113 Å². The molecule has 2 aromatic rings. The van der Waals surface area contributed by atoms with Crippen molar-refractivity contribution in [2.75, 3.05) is 0 Å². The number of aryl methyl sites for hydroxylation is 1. The first-order valence-electron chi connectivity index (χ1n) is 5.31. The highest BCUT2D eigenvalue weighted by Gasteiger charge is 2.10. The predicted molar refractivity (Wildman–Crippen MR) is 65.2 cm³/mol. The Morgan fingerprint density at radius 2 is 2.15 bits per heavy atom. The molecule has 20 heavy (non-hydrogen) atoms. The second-order valence-corrected chi connectivity index (χ2v) is 5.01. The molecule has 0 aromatic carbocycles. The number of amides is 1. The van der Waals surface area contributed by atoms with Gasteiger partial charge in [-0.25, -0.2) is 13.8 Å². The number of nitrogens with zero attached hydrogens (tertiary/aromatic N) is 1. The second-order valence-electron chi connectivity index (χ2n) is 3.70. The zero-order chi connectivity index (χ0) is 14.8. The summed E-state index contributed by atoms with van der Waals surface area (Å²) in [6, 6.07) is 3.73. The zero-order valence-corrected chi connectivity index (χ0v) is 11.0. The molecule has 1 amide bonds. The topological polar surface area (TPSA) is 125 Å². The van der Waals surface area contributed by atoms with Gasteiger partial charge in [0.2, 0.25) is 5.09 Å². The average molecular weight is 297 g/mol. The highest BCUT2D eigenvalue weighted by molar-refractivity contribution is 7.85. The number of hydrogen-bond donors (Lipinski definition) is 1. The maximum atomic E-state index is 11.6. The molecular formula is C11H9N2O6S-. The van der Waals surface area contributed by atoms with Gasteiger partial charge in [-0.15, -0.1) is 0 Å². The van der Waals surface area contributed by atoms with E-state index in [-0.39, 0.29) is 5.76 Å². The summed E-state index contributed by atoms with van der Waals surface area (Å²) < 4.78 is 41.6. The van der Waals surface area contributed by atoms with Crippen molar-refractivity contribution in [1.29, 1.82) is 0 Å². The highest BCUT2D eigenvalue weighted by Crippen LogP contribution is 2.11. The van der Waals surface area contributed by atoms with E-state index in [0.717, 1.165) is 12.3 Å². The van der Waals surface area contributed by atoms with Gasteiger partial charge in [0.05, 0.1) is 18.0 Å². The molecule has 0 radical (unpaired) electrons. The van der Waals surface area contributed by atoms with E-state index in [2.05, 4.69) is 10.5 Å². The molecule has 106 valence electrons. The van der Waals surface area contributed by atoms with Gasteiger partial charge in [0, 0.05) is 0 Å². The average Bonchev–Trinajstić information content (AvgIpc) is 2.97. The summed E-state index contributed by atoms with van der Waals surface area (Å²) in [6.07, 6.45) is 2.44. The smallest absolute Gasteiger partial charge is 0.274 e. The zero-order valence-electron chi connectivity index (χ0n) is 10.2. The Hall–Kier alpha value is -2.39. The van der Waals surface area contributed by atoms with Crippen molar-refractivity contribution >= 4 is 22.2 Å². The standard InChI is InChI=1S/C11H10N2O6S/c1-7-9(4-5-18-7)11(14)13-12-6-8-2-3-10(19-8)20(15,16)17/h2-6H,1H3,(H,13,14)(H,15,16,17)/p-1/b12-6-. The van der Waals surface area contributed by atoms with Crippen LogP contribution in [-0.2, 0) is 10.1 Å². The Bertz CT molecular complexity index is 755. The summed E-state index contributed by atoms with van der Waals surface area (Å²) in [5.41, 5.74) is 2.53. The summed E-state index contributed by atoms with van der Waals surface area (Å²) in [4.78, 5) is 11.6. The number of hydrazone groups is 1. The maximum Gasteiger partial charge on any atom is 0.274 e. The molecule has 0 fully saturated rings. The molecule has 0 unspecified atom stereocenters. The first-order valence-corrected chi connectivity index (χ1v) is 6.72. The van der Waals surface area contributed by atoms with Gasteiger partial charge in [-0.3, -0.25) is 4.79 Å². The molecule has 0 saturated carbocycles. The summed E-state index contributed by atoms with van der Waals surface area (Å²) in [5.74, 6) is -0.0326. The molecule has 0 spiro atoms. The van der Waals surface area contributed by atoms with Crippen LogP contribution < -0.4 is 5.43 Å². The van der Waals surface area contributed by atoms with Crippen molar-refractivity contribution in [2.24, 2.45) is 5.10 Å². The van der Waals surface area contributed by atoms with E-state index in [1.807, 2.05) is 0 Å². The number of furan rings is 2. The second kappa shape index (κ2) is 5.31. The van der Waals surface area contributed by atoms with Gasteiger partial charge in [-0.1, -0.05) is 0 Å². The van der Waals surface area contributed by atoms with Crippen LogP contribution in [0.2, 0.25) is 0 Å². The number of hydrogen-bond acceptors (Lipinski definition) is 7. The molecule has 0 aliphatic carbocycles. The fourth-order valence-electron chi connectivity index (χ4n) is 1.37. The van der Waals surface area contributed by atoms with Gasteiger partial charge in [0.25, 0.3) is 5.91 Å². The Morgan fingerprint density at radius 1 is 1.40 bits per heavy atom. The van der Waals surface area contributed by atoms with Crippen LogP contribution in [-0.4, -0.2) is 25.1 Å². The minimum absolute atomic E-state index is 0.0173. The summed E-state index contributed by atoms with van der Waals surface area (Å²) in [6.45, 7) is 1.62. The maximum absolute atomic E-state index is 11.6. The Kier molecular flexibility index (Phi) is 3.72. The Morgan fingerprint density at radius 3 is 2.70 bits per heavy atom. The van der Waals surface area contributed by atoms with Crippen LogP contribution in [0, 0.1) is 6.92 Å². The molecule has 2 aromatic heterocycles. The van der Waals surface area contributed by atoms with Crippen molar-refractivity contribution < 1.29 is 26.6 Å². The molecule has 0 aliphatic heterocycles. The van der Waals surface area contributed by atoms with Crippen molar-refractivity contribution in [3.63, 3.8) is 0 Å². The quantitative estimate of drug-likeness (QED) is 0.506. The number of nitrogens with one attached hydrogen (secondary N) is 1. The molecule has 0 atom stereocenters. The van der Waals surface area contributed by atoms with Crippen LogP contribution in [0.4, 0.5) is 0 Å². The van der Waals surface area contributed by atoms with E-state index in [0.29, 0.717) is 11.3 Å². The van der Waals surface area contributed by atoms with Crippen LogP contribution >= 0.6 is 0 Å². The van der Waals surface area contributed by atoms with E-state index in [1.165, 1.54) is 18.4 Å². The van der Waals surface area contributed by atoms with Crippen molar-refractivity contribution in [2.45, 2.75) is 12.0 Å². The highest BCUT2D eigenvalue weighted by atomic mass is 32.2. The van der Waals surface area contributed by atoms with Crippen molar-refractivity contribution in [3.05, 3.63) is 41.5 Å². The van der Waals surface area contributed by atoms with Gasteiger partial charge in [-0.2, -0.15) is 5.10 Å². The minimum atomic E-state index is -4.64. The van der Waals surface area contributed by atoms with Crippen LogP contribution in [0.25, 0.3) is 0 Å². The monoisotopic (exact) mass is 297 g/mol. The third-order valence-corrected chi connectivity index (χ3v) is 3.02. The lowest BCUT2D eigenvalue weighted by Gasteiger charge is -2.00. The normalized spacial score (nSPS) is 11.9. The van der Waals surface area contributed by atoms with E-state index in [1.54, 1.807) is 6.92 Å². The van der Waals surface area contributed by atoms with Crippen LogP contribution in [0.15, 0.2) is 43.5 Å². The lowest BCUT2D eigenvalue weighted by Crippen LogP contribution is -2.17. The number of rotatable bonds is 4. The number of carbonyl (C=O) groups excluding carboxylic acids is 1. The summed E-state index contributed by atoms with van der Waals surface area (Å²) in [7, 11) is -4.64. The van der Waals surface area contributed by atoms with Gasteiger partial charge in [0.1, 0.15) is 11.5 Å². The third kappa shape index (κ3) is 3.13. The van der Waals surface area contributed by atoms with Crippen LogP contribution in [0.3, 0.4) is 0 Å². The molecule has 8 nitrogen and oxygen atoms in total. The van der Waals surface area contributed by atoms with Crippen molar-refractivity contribution in [3.8, 4) is 0 Å². The largest absolute Gasteiger partial charge is 0.742 e. The fourth-order valence-corrected chi connectivity index (χ4v) is 1.81. The molecule has 0 saturated heterocycles.